The molecule has 32 heavy (non-hydrogen) atoms. The van der Waals surface area contributed by atoms with Crippen LogP contribution in [0.3, 0.4) is 0 Å². The molecule has 0 amide bonds. The number of esters is 2. The monoisotopic (exact) mass is 452 g/mol. The lowest BCUT2D eigenvalue weighted by Crippen LogP contribution is -2.37. The first kappa shape index (κ1) is 29.0. The number of carbonyl (C=O) groups is 2. The standard InChI is InChI=1S/C28H52O4/c1-5-6-7-8-9-10-11-12-13-14-15-16-17-18-21-31-27(29)28(30)32-26-22-24(4)19-20-25(26)23(2)3/h23-26H,5-22H2,1-4H3. The van der Waals surface area contributed by atoms with Crippen LogP contribution in [0.1, 0.15) is 137 Å². The molecule has 0 heterocycles. The fourth-order valence-electron chi connectivity index (χ4n) is 4.96. The molecule has 0 aromatic rings. The average Bonchev–Trinajstić information content (AvgIpc) is 2.76. The van der Waals surface area contributed by atoms with Crippen molar-refractivity contribution < 1.29 is 19.1 Å². The van der Waals surface area contributed by atoms with Gasteiger partial charge in [0.05, 0.1) is 6.61 Å². The fourth-order valence-corrected chi connectivity index (χ4v) is 4.96. The van der Waals surface area contributed by atoms with E-state index in [0.29, 0.717) is 24.4 Å². The molecule has 188 valence electrons. The molecule has 0 radical (unpaired) electrons. The molecule has 4 nitrogen and oxygen atoms in total. The Kier molecular flexibility index (Phi) is 16.6. The Labute approximate surface area is 198 Å². The minimum absolute atomic E-state index is 0.153. The molecule has 1 aliphatic rings. The summed E-state index contributed by atoms with van der Waals surface area (Å²) < 4.78 is 10.7. The number of rotatable bonds is 17. The largest absolute Gasteiger partial charge is 0.457 e. The van der Waals surface area contributed by atoms with E-state index in [1.807, 2.05) is 0 Å². The Hall–Kier alpha value is -1.06. The molecule has 1 rings (SSSR count). The number of carbonyl (C=O) groups excluding carboxylic acids is 2. The maximum Gasteiger partial charge on any atom is 0.417 e. The smallest absolute Gasteiger partial charge is 0.417 e. The first-order chi connectivity index (χ1) is 15.5. The summed E-state index contributed by atoms with van der Waals surface area (Å²) in [5.74, 6) is -0.296. The van der Waals surface area contributed by atoms with Gasteiger partial charge >= 0.3 is 11.9 Å². The van der Waals surface area contributed by atoms with Gasteiger partial charge < -0.3 is 9.47 Å². The number of ether oxygens (including phenoxy) is 2. The summed E-state index contributed by atoms with van der Waals surface area (Å²) in [4.78, 5) is 24.2. The van der Waals surface area contributed by atoms with Crippen LogP contribution in [0, 0.1) is 17.8 Å². The molecular weight excluding hydrogens is 400 g/mol. The predicted octanol–water partition coefficient (Wildman–Crippen LogP) is 8.01. The minimum Gasteiger partial charge on any atom is -0.457 e. The molecule has 0 spiro atoms. The summed E-state index contributed by atoms with van der Waals surface area (Å²) in [5.41, 5.74) is 0. The quantitative estimate of drug-likeness (QED) is 0.127. The van der Waals surface area contributed by atoms with Crippen molar-refractivity contribution in [3.63, 3.8) is 0 Å². The summed E-state index contributed by atoms with van der Waals surface area (Å²) in [5, 5.41) is 0. The highest BCUT2D eigenvalue weighted by Gasteiger charge is 2.35. The van der Waals surface area contributed by atoms with E-state index < -0.39 is 11.9 Å². The Morgan fingerprint density at radius 3 is 1.75 bits per heavy atom. The van der Waals surface area contributed by atoms with Gasteiger partial charge in [-0.3, -0.25) is 0 Å². The molecule has 4 heteroatoms. The Morgan fingerprint density at radius 1 is 0.750 bits per heavy atom. The summed E-state index contributed by atoms with van der Waals surface area (Å²) >= 11 is 0. The van der Waals surface area contributed by atoms with Gasteiger partial charge in [-0.15, -0.1) is 0 Å². The summed E-state index contributed by atoms with van der Waals surface area (Å²) in [6.07, 6.45) is 21.0. The highest BCUT2D eigenvalue weighted by atomic mass is 16.6. The molecular formula is C28H52O4. The molecule has 0 aromatic carbocycles. The maximum atomic E-state index is 12.2. The highest BCUT2D eigenvalue weighted by molar-refractivity contribution is 6.29. The van der Waals surface area contributed by atoms with Crippen LogP contribution in [0.15, 0.2) is 0 Å². The summed E-state index contributed by atoms with van der Waals surface area (Å²) in [6, 6.07) is 0. The molecule has 1 saturated carbocycles. The van der Waals surface area contributed by atoms with Gasteiger partial charge in [0.1, 0.15) is 6.10 Å². The van der Waals surface area contributed by atoms with Crippen molar-refractivity contribution in [1.82, 2.24) is 0 Å². The van der Waals surface area contributed by atoms with E-state index in [2.05, 4.69) is 27.7 Å². The number of unbranched alkanes of at least 4 members (excludes halogenated alkanes) is 13. The second-order valence-electron chi connectivity index (χ2n) is 10.5. The third kappa shape index (κ3) is 13.5. The molecule has 1 fully saturated rings. The van der Waals surface area contributed by atoms with E-state index in [1.54, 1.807) is 0 Å². The van der Waals surface area contributed by atoms with E-state index in [0.717, 1.165) is 25.7 Å². The Morgan fingerprint density at radius 2 is 1.25 bits per heavy atom. The van der Waals surface area contributed by atoms with Crippen LogP contribution in [0.2, 0.25) is 0 Å². The van der Waals surface area contributed by atoms with E-state index in [4.69, 9.17) is 9.47 Å². The van der Waals surface area contributed by atoms with Crippen molar-refractivity contribution in [1.29, 1.82) is 0 Å². The molecule has 0 aliphatic heterocycles. The lowest BCUT2D eigenvalue weighted by Gasteiger charge is -2.36. The van der Waals surface area contributed by atoms with Crippen LogP contribution in [-0.4, -0.2) is 24.6 Å². The SMILES string of the molecule is CCCCCCCCCCCCCCCCOC(=O)C(=O)OC1CC(C)CCC1C(C)C. The lowest BCUT2D eigenvalue weighted by molar-refractivity contribution is -0.175. The number of hydrogen-bond donors (Lipinski definition) is 0. The Bertz CT molecular complexity index is 488. The first-order valence-corrected chi connectivity index (χ1v) is 13.8. The highest BCUT2D eigenvalue weighted by Crippen LogP contribution is 2.35. The normalized spacial score (nSPS) is 21.0. The number of hydrogen-bond acceptors (Lipinski definition) is 4. The Balaban J connectivity index is 1.98. The fraction of sp³-hybridized carbons (Fsp3) is 0.929. The topological polar surface area (TPSA) is 52.6 Å². The third-order valence-electron chi connectivity index (χ3n) is 7.12. The molecule has 3 atom stereocenters. The van der Waals surface area contributed by atoms with Crippen LogP contribution in [0.5, 0.6) is 0 Å². The molecule has 0 bridgehead atoms. The van der Waals surface area contributed by atoms with Gasteiger partial charge in [-0.2, -0.15) is 0 Å². The molecule has 0 N–H and O–H groups in total. The van der Waals surface area contributed by atoms with Gasteiger partial charge in [-0.1, -0.05) is 118 Å². The summed E-state index contributed by atoms with van der Waals surface area (Å²) in [6.45, 7) is 9.10. The van der Waals surface area contributed by atoms with E-state index >= 15 is 0 Å². The van der Waals surface area contributed by atoms with Gasteiger partial charge in [0, 0.05) is 0 Å². The van der Waals surface area contributed by atoms with Crippen molar-refractivity contribution in [2.75, 3.05) is 6.61 Å². The van der Waals surface area contributed by atoms with Crippen LogP contribution in [0.4, 0.5) is 0 Å². The molecule has 1 aliphatic carbocycles. The van der Waals surface area contributed by atoms with Crippen LogP contribution in [-0.2, 0) is 19.1 Å². The lowest BCUT2D eigenvalue weighted by atomic mass is 9.75. The first-order valence-electron chi connectivity index (χ1n) is 13.8. The molecule has 0 saturated heterocycles. The second kappa shape index (κ2) is 18.4. The maximum absolute atomic E-state index is 12.2. The predicted molar refractivity (Wildman–Crippen MR) is 132 cm³/mol. The average molecular weight is 453 g/mol. The molecule has 0 aromatic heterocycles. The zero-order chi connectivity index (χ0) is 23.6. The van der Waals surface area contributed by atoms with Gasteiger partial charge in [0.2, 0.25) is 0 Å². The third-order valence-corrected chi connectivity index (χ3v) is 7.12. The van der Waals surface area contributed by atoms with Crippen molar-refractivity contribution in [2.45, 2.75) is 143 Å². The van der Waals surface area contributed by atoms with Crippen LogP contribution < -0.4 is 0 Å². The second-order valence-corrected chi connectivity index (χ2v) is 10.5. The summed E-state index contributed by atoms with van der Waals surface area (Å²) in [7, 11) is 0. The van der Waals surface area contributed by atoms with Gasteiger partial charge in [0.25, 0.3) is 0 Å². The van der Waals surface area contributed by atoms with Crippen LogP contribution in [0.25, 0.3) is 0 Å². The van der Waals surface area contributed by atoms with Crippen molar-refractivity contribution in [3.05, 3.63) is 0 Å². The van der Waals surface area contributed by atoms with Gasteiger partial charge in [0.15, 0.2) is 0 Å². The van der Waals surface area contributed by atoms with Crippen molar-refractivity contribution >= 4 is 11.9 Å². The van der Waals surface area contributed by atoms with Crippen LogP contribution >= 0.6 is 0 Å². The zero-order valence-corrected chi connectivity index (χ0v) is 21.7. The van der Waals surface area contributed by atoms with Crippen molar-refractivity contribution in [2.24, 2.45) is 17.8 Å². The van der Waals surface area contributed by atoms with Gasteiger partial charge in [-0.05, 0) is 37.0 Å². The minimum atomic E-state index is -0.819. The van der Waals surface area contributed by atoms with Gasteiger partial charge in [-0.25, -0.2) is 9.59 Å². The van der Waals surface area contributed by atoms with E-state index in [1.165, 1.54) is 83.5 Å². The van der Waals surface area contributed by atoms with E-state index in [-0.39, 0.29) is 6.10 Å². The molecule has 3 unspecified atom stereocenters. The van der Waals surface area contributed by atoms with E-state index in [9.17, 15) is 9.59 Å². The zero-order valence-electron chi connectivity index (χ0n) is 21.7. The van der Waals surface area contributed by atoms with Crippen molar-refractivity contribution in [3.8, 4) is 0 Å².